The fourth-order valence-electron chi connectivity index (χ4n) is 2.79. The highest BCUT2D eigenvalue weighted by molar-refractivity contribution is 7.22. The Morgan fingerprint density at radius 1 is 1.08 bits per heavy atom. The molecule has 3 aromatic rings. The average Bonchev–Trinajstić information content (AvgIpc) is 3.08. The number of carbonyl (C=O) groups is 1. The minimum Gasteiger partial charge on any atom is -0.345 e. The average molecular weight is 342 g/mol. The topological polar surface area (TPSA) is 49.3 Å². The molecule has 0 N–H and O–H groups in total. The Balaban J connectivity index is 1.47. The van der Waals surface area contributed by atoms with Crippen LogP contribution >= 0.6 is 11.3 Å². The van der Waals surface area contributed by atoms with E-state index < -0.39 is 0 Å². The number of amides is 1. The maximum atomic E-state index is 13.8. The summed E-state index contributed by atoms with van der Waals surface area (Å²) in [6, 6.07) is 10.3. The summed E-state index contributed by atoms with van der Waals surface area (Å²) in [5, 5.41) is 0.806. The fourth-order valence-corrected chi connectivity index (χ4v) is 3.82. The quantitative estimate of drug-likeness (QED) is 0.719. The molecule has 1 amide bonds. The predicted octanol–water partition coefficient (Wildman–Crippen LogP) is 2.79. The van der Waals surface area contributed by atoms with Crippen molar-refractivity contribution in [3.8, 4) is 0 Å². The summed E-state index contributed by atoms with van der Waals surface area (Å²) in [6.45, 7) is 2.57. The Hall–Kier alpha value is -2.54. The van der Waals surface area contributed by atoms with Crippen molar-refractivity contribution in [2.45, 2.75) is 0 Å². The number of fused-ring (bicyclic) bond motifs is 1. The third kappa shape index (κ3) is 2.71. The first-order chi connectivity index (χ1) is 11.7. The predicted molar refractivity (Wildman–Crippen MR) is 91.9 cm³/mol. The number of aromatic nitrogens is 2. The number of pyridine rings is 1. The molecule has 0 bridgehead atoms. The Bertz CT molecular complexity index is 875. The summed E-state index contributed by atoms with van der Waals surface area (Å²) < 4.78 is 14.6. The highest BCUT2D eigenvalue weighted by Crippen LogP contribution is 2.30. The van der Waals surface area contributed by atoms with Crippen LogP contribution in [0.4, 0.5) is 9.52 Å². The van der Waals surface area contributed by atoms with E-state index in [0.717, 1.165) is 9.83 Å². The van der Waals surface area contributed by atoms with E-state index in [1.807, 2.05) is 12.1 Å². The molecule has 0 radical (unpaired) electrons. The third-order valence-electron chi connectivity index (χ3n) is 4.08. The van der Waals surface area contributed by atoms with Crippen molar-refractivity contribution in [3.63, 3.8) is 0 Å². The summed E-state index contributed by atoms with van der Waals surface area (Å²) >= 11 is 1.48. The molecule has 2 aromatic heterocycles. The van der Waals surface area contributed by atoms with Gasteiger partial charge in [0, 0.05) is 32.4 Å². The first kappa shape index (κ1) is 15.0. The van der Waals surface area contributed by atoms with Gasteiger partial charge < -0.3 is 9.80 Å². The standard InChI is InChI=1S/C17H15FN4OS/c18-12-4-3-6-14-15(12)20-17(24-14)22-10-8-21(9-11-22)16(23)13-5-1-2-7-19-13/h1-7H,8-11H2. The molecule has 0 unspecified atom stereocenters. The molecule has 4 rings (SSSR count). The van der Waals surface area contributed by atoms with Crippen LogP contribution in [0.1, 0.15) is 10.5 Å². The van der Waals surface area contributed by atoms with Gasteiger partial charge in [-0.1, -0.05) is 23.5 Å². The summed E-state index contributed by atoms with van der Waals surface area (Å²) in [6.07, 6.45) is 1.62. The van der Waals surface area contributed by atoms with Crippen LogP contribution in [0.2, 0.25) is 0 Å². The van der Waals surface area contributed by atoms with Crippen molar-refractivity contribution in [3.05, 3.63) is 54.1 Å². The first-order valence-corrected chi connectivity index (χ1v) is 8.54. The minimum absolute atomic E-state index is 0.0504. The van der Waals surface area contributed by atoms with E-state index in [0.29, 0.717) is 37.4 Å². The van der Waals surface area contributed by atoms with Crippen LogP contribution in [0.5, 0.6) is 0 Å². The number of nitrogens with zero attached hydrogens (tertiary/aromatic N) is 4. The van der Waals surface area contributed by atoms with Crippen LogP contribution in [0.3, 0.4) is 0 Å². The fraction of sp³-hybridized carbons (Fsp3) is 0.235. The first-order valence-electron chi connectivity index (χ1n) is 7.73. The smallest absolute Gasteiger partial charge is 0.272 e. The molecule has 1 aliphatic rings. The zero-order valence-electron chi connectivity index (χ0n) is 12.9. The van der Waals surface area contributed by atoms with Gasteiger partial charge in [-0.25, -0.2) is 9.37 Å². The Labute approximate surface area is 142 Å². The number of halogens is 1. The second kappa shape index (κ2) is 6.16. The van der Waals surface area contributed by atoms with Gasteiger partial charge in [0.1, 0.15) is 17.0 Å². The van der Waals surface area contributed by atoms with Crippen LogP contribution in [0, 0.1) is 5.82 Å². The van der Waals surface area contributed by atoms with Crippen molar-refractivity contribution in [1.29, 1.82) is 0 Å². The van der Waals surface area contributed by atoms with Crippen LogP contribution in [0.15, 0.2) is 42.6 Å². The van der Waals surface area contributed by atoms with E-state index in [1.54, 1.807) is 29.3 Å². The molecule has 1 aromatic carbocycles. The Morgan fingerprint density at radius 2 is 1.92 bits per heavy atom. The molecule has 0 aliphatic carbocycles. The number of rotatable bonds is 2. The number of benzene rings is 1. The van der Waals surface area contributed by atoms with Gasteiger partial charge in [0.15, 0.2) is 5.13 Å². The molecule has 1 aliphatic heterocycles. The lowest BCUT2D eigenvalue weighted by Gasteiger charge is -2.34. The Morgan fingerprint density at radius 3 is 2.62 bits per heavy atom. The van der Waals surface area contributed by atoms with Gasteiger partial charge in [-0.15, -0.1) is 0 Å². The molecule has 3 heterocycles. The SMILES string of the molecule is O=C(c1ccccn1)N1CCN(c2nc3c(F)cccc3s2)CC1. The van der Waals surface area contributed by atoms with Gasteiger partial charge in [-0.2, -0.15) is 0 Å². The van der Waals surface area contributed by atoms with Gasteiger partial charge in [-0.05, 0) is 24.3 Å². The van der Waals surface area contributed by atoms with E-state index in [-0.39, 0.29) is 11.7 Å². The van der Waals surface area contributed by atoms with Gasteiger partial charge in [-0.3, -0.25) is 9.78 Å². The van der Waals surface area contributed by atoms with Gasteiger partial charge in [0.05, 0.1) is 4.70 Å². The van der Waals surface area contributed by atoms with Crippen LogP contribution < -0.4 is 4.90 Å². The van der Waals surface area contributed by atoms with Crippen LogP contribution in [-0.2, 0) is 0 Å². The maximum absolute atomic E-state index is 13.8. The summed E-state index contributed by atoms with van der Waals surface area (Å²) in [5.74, 6) is -0.343. The highest BCUT2D eigenvalue weighted by atomic mass is 32.1. The molecule has 0 spiro atoms. The molecule has 7 heteroatoms. The second-order valence-electron chi connectivity index (χ2n) is 5.58. The summed E-state index contributed by atoms with van der Waals surface area (Å²) in [5.41, 5.74) is 0.887. The monoisotopic (exact) mass is 342 g/mol. The van der Waals surface area contributed by atoms with E-state index in [4.69, 9.17) is 0 Å². The molecule has 1 saturated heterocycles. The minimum atomic E-state index is -0.293. The zero-order chi connectivity index (χ0) is 16.5. The number of carbonyl (C=O) groups excluding carboxylic acids is 1. The van der Waals surface area contributed by atoms with E-state index in [9.17, 15) is 9.18 Å². The Kier molecular flexibility index (Phi) is 3.86. The molecule has 122 valence electrons. The normalized spacial score (nSPS) is 15.0. The number of thiazole rings is 1. The molecule has 1 fully saturated rings. The van der Waals surface area contributed by atoms with Gasteiger partial charge >= 0.3 is 0 Å². The van der Waals surface area contributed by atoms with Crippen LogP contribution in [0.25, 0.3) is 10.2 Å². The van der Waals surface area contributed by atoms with Crippen molar-refractivity contribution in [2.24, 2.45) is 0 Å². The lowest BCUT2D eigenvalue weighted by atomic mass is 10.2. The van der Waals surface area contributed by atoms with Gasteiger partial charge in [0.2, 0.25) is 0 Å². The number of piperazine rings is 1. The van der Waals surface area contributed by atoms with E-state index >= 15 is 0 Å². The molecule has 24 heavy (non-hydrogen) atoms. The van der Waals surface area contributed by atoms with Crippen molar-refractivity contribution >= 4 is 32.6 Å². The summed E-state index contributed by atoms with van der Waals surface area (Å²) in [7, 11) is 0. The number of hydrogen-bond acceptors (Lipinski definition) is 5. The molecule has 0 atom stereocenters. The number of para-hydroxylation sites is 1. The van der Waals surface area contributed by atoms with Crippen molar-refractivity contribution in [2.75, 3.05) is 31.1 Å². The lowest BCUT2D eigenvalue weighted by molar-refractivity contribution is 0.0741. The second-order valence-corrected chi connectivity index (χ2v) is 6.59. The zero-order valence-corrected chi connectivity index (χ0v) is 13.7. The molecular weight excluding hydrogens is 327 g/mol. The highest BCUT2D eigenvalue weighted by Gasteiger charge is 2.24. The molecule has 5 nitrogen and oxygen atoms in total. The lowest BCUT2D eigenvalue weighted by Crippen LogP contribution is -2.49. The van der Waals surface area contributed by atoms with E-state index in [2.05, 4.69) is 14.9 Å². The third-order valence-corrected chi connectivity index (χ3v) is 5.16. The van der Waals surface area contributed by atoms with Crippen LogP contribution in [-0.4, -0.2) is 47.0 Å². The van der Waals surface area contributed by atoms with Crippen molar-refractivity contribution < 1.29 is 9.18 Å². The largest absolute Gasteiger partial charge is 0.345 e. The van der Waals surface area contributed by atoms with Crippen molar-refractivity contribution in [1.82, 2.24) is 14.9 Å². The number of hydrogen-bond donors (Lipinski definition) is 0. The molecule has 0 saturated carbocycles. The van der Waals surface area contributed by atoms with Gasteiger partial charge in [0.25, 0.3) is 5.91 Å². The summed E-state index contributed by atoms with van der Waals surface area (Å²) in [4.78, 5) is 24.8. The van der Waals surface area contributed by atoms with E-state index in [1.165, 1.54) is 17.4 Å². The number of anilines is 1. The molecular formula is C17H15FN4OS. The maximum Gasteiger partial charge on any atom is 0.272 e.